The number of ether oxygens (including phenoxy) is 1. The summed E-state index contributed by atoms with van der Waals surface area (Å²) in [5, 5.41) is 0. The van der Waals surface area contributed by atoms with Gasteiger partial charge in [0.25, 0.3) is 0 Å². The molecule has 0 saturated carbocycles. The Morgan fingerprint density at radius 1 is 0.846 bits per heavy atom. The van der Waals surface area contributed by atoms with E-state index >= 15 is 0 Å². The van der Waals surface area contributed by atoms with Gasteiger partial charge in [0.05, 0.1) is 24.3 Å². The summed E-state index contributed by atoms with van der Waals surface area (Å²) in [7, 11) is 0. The molecule has 0 atom stereocenters. The first-order chi connectivity index (χ1) is 18.5. The van der Waals surface area contributed by atoms with E-state index in [-0.39, 0.29) is 23.8 Å². The van der Waals surface area contributed by atoms with E-state index in [9.17, 15) is 26.3 Å². The summed E-state index contributed by atoms with van der Waals surface area (Å²) in [6.45, 7) is 9.00. The molecular formula is C25H27F6N7O. The molecule has 2 aliphatic rings. The third kappa shape index (κ3) is 6.85. The van der Waals surface area contributed by atoms with Gasteiger partial charge < -0.3 is 19.4 Å². The highest BCUT2D eigenvalue weighted by atomic mass is 19.4. The lowest BCUT2D eigenvalue weighted by atomic mass is 10.0. The second-order valence-electron chi connectivity index (χ2n) is 8.84. The molecule has 8 nitrogen and oxygen atoms in total. The largest absolute Gasteiger partial charge is 0.416 e. The lowest BCUT2D eigenvalue weighted by Gasteiger charge is -2.36. The Hall–Kier alpha value is -3.68. The number of hydrogen-bond donors (Lipinski definition) is 0. The molecule has 0 aliphatic carbocycles. The van der Waals surface area contributed by atoms with Crippen LogP contribution in [0.25, 0.3) is 11.4 Å². The van der Waals surface area contributed by atoms with Crippen molar-refractivity contribution in [3.63, 3.8) is 0 Å². The van der Waals surface area contributed by atoms with Crippen LogP contribution in [0.4, 0.5) is 38.2 Å². The van der Waals surface area contributed by atoms with E-state index in [1.807, 2.05) is 35.0 Å². The summed E-state index contributed by atoms with van der Waals surface area (Å²) >= 11 is 0. The monoisotopic (exact) mass is 555 g/mol. The average Bonchev–Trinajstić information content (AvgIpc) is 2.93. The molecule has 0 unspecified atom stereocenters. The molecular weight excluding hydrogens is 528 g/mol. The Morgan fingerprint density at radius 2 is 1.38 bits per heavy atom. The molecule has 210 valence electrons. The smallest absolute Gasteiger partial charge is 0.378 e. The van der Waals surface area contributed by atoms with Crippen molar-refractivity contribution < 1.29 is 31.1 Å². The van der Waals surface area contributed by atoms with Crippen LogP contribution in [0.3, 0.4) is 0 Å². The second kappa shape index (κ2) is 11.6. The minimum Gasteiger partial charge on any atom is -0.378 e. The van der Waals surface area contributed by atoms with Gasteiger partial charge in [-0.15, -0.1) is 0 Å². The fourth-order valence-electron chi connectivity index (χ4n) is 4.19. The van der Waals surface area contributed by atoms with Gasteiger partial charge in [-0.2, -0.15) is 41.3 Å². The fraction of sp³-hybridized carbons (Fsp3) is 0.440. The number of nitrogens with zero attached hydrogens (tertiary/aromatic N) is 7. The van der Waals surface area contributed by atoms with Gasteiger partial charge in [0.15, 0.2) is 5.82 Å². The van der Waals surface area contributed by atoms with Crippen LogP contribution in [0.2, 0.25) is 0 Å². The quantitative estimate of drug-likeness (QED) is 0.292. The first kappa shape index (κ1) is 28.3. The first-order valence-electron chi connectivity index (χ1n) is 12.2. The number of aromatic nitrogens is 3. The van der Waals surface area contributed by atoms with Gasteiger partial charge in [-0.1, -0.05) is 12.2 Å². The van der Waals surface area contributed by atoms with Crippen LogP contribution in [-0.2, 0) is 17.1 Å². The molecule has 0 radical (unpaired) electrons. The zero-order chi connectivity index (χ0) is 28.2. The molecule has 0 N–H and O–H groups in total. The van der Waals surface area contributed by atoms with E-state index in [1.165, 1.54) is 0 Å². The topological polar surface area (TPSA) is 70.0 Å². The molecule has 14 heteroatoms. The molecule has 2 saturated heterocycles. The van der Waals surface area contributed by atoms with E-state index < -0.39 is 29.0 Å². The van der Waals surface area contributed by atoms with Crippen LogP contribution in [0.15, 0.2) is 47.2 Å². The van der Waals surface area contributed by atoms with Crippen LogP contribution in [0, 0.1) is 0 Å². The van der Waals surface area contributed by atoms with Crippen molar-refractivity contribution in [2.45, 2.75) is 19.3 Å². The summed E-state index contributed by atoms with van der Waals surface area (Å²) in [5.74, 6) is 0.731. The Bertz CT molecular complexity index is 1200. The van der Waals surface area contributed by atoms with Crippen molar-refractivity contribution in [2.24, 2.45) is 4.99 Å². The predicted molar refractivity (Wildman–Crippen MR) is 135 cm³/mol. The Kier molecular flexibility index (Phi) is 8.42. The van der Waals surface area contributed by atoms with Crippen LogP contribution < -0.4 is 9.80 Å². The number of morpholine rings is 1. The van der Waals surface area contributed by atoms with Crippen molar-refractivity contribution in [3.05, 3.63) is 53.4 Å². The fourth-order valence-corrected chi connectivity index (χ4v) is 4.19. The highest BCUT2D eigenvalue weighted by molar-refractivity contribution is 5.62. The third-order valence-electron chi connectivity index (χ3n) is 6.24. The summed E-state index contributed by atoms with van der Waals surface area (Å²) < 4.78 is 86.5. The van der Waals surface area contributed by atoms with Crippen molar-refractivity contribution in [2.75, 3.05) is 62.3 Å². The maximum Gasteiger partial charge on any atom is 0.416 e. The number of hydrogen-bond acceptors (Lipinski definition) is 8. The molecule has 4 rings (SSSR count). The first-order valence-corrected chi connectivity index (χ1v) is 12.2. The zero-order valence-electron chi connectivity index (χ0n) is 21.1. The van der Waals surface area contributed by atoms with Crippen LogP contribution >= 0.6 is 0 Å². The Morgan fingerprint density at radius 3 is 1.87 bits per heavy atom. The van der Waals surface area contributed by atoms with Crippen molar-refractivity contribution in [1.82, 2.24) is 19.9 Å². The highest BCUT2D eigenvalue weighted by Crippen LogP contribution is 2.38. The average molecular weight is 556 g/mol. The number of rotatable bonds is 6. The molecule has 0 amide bonds. The maximum absolute atomic E-state index is 13.5. The summed E-state index contributed by atoms with van der Waals surface area (Å²) in [6, 6.07) is 1.34. The molecule has 0 bridgehead atoms. The summed E-state index contributed by atoms with van der Waals surface area (Å²) in [5.41, 5.74) is -3.28. The molecule has 2 aliphatic heterocycles. The predicted octanol–water partition coefficient (Wildman–Crippen LogP) is 4.65. The van der Waals surface area contributed by atoms with E-state index in [2.05, 4.69) is 26.7 Å². The van der Waals surface area contributed by atoms with E-state index in [1.54, 1.807) is 4.90 Å². The number of aliphatic imine (C=N–C) groups is 1. The number of halogens is 6. The SMILES string of the molecule is C=N/C(=C\C=C/C)N1CCN(c2nc(-c3cc(C(F)(F)F)cc(C(F)(F)F)c3)nc(N3CCOCC3)n2)CC1. The number of allylic oxidation sites excluding steroid dienone is 3. The Balaban J connectivity index is 1.73. The molecule has 39 heavy (non-hydrogen) atoms. The molecule has 1 aromatic carbocycles. The van der Waals surface area contributed by atoms with Crippen molar-refractivity contribution in [1.29, 1.82) is 0 Å². The minimum atomic E-state index is -4.99. The lowest BCUT2D eigenvalue weighted by molar-refractivity contribution is -0.143. The normalized spacial score (nSPS) is 17.7. The third-order valence-corrected chi connectivity index (χ3v) is 6.24. The minimum absolute atomic E-state index is 0.0835. The van der Waals surface area contributed by atoms with Crippen LogP contribution in [0.5, 0.6) is 0 Å². The maximum atomic E-state index is 13.5. The summed E-state index contributed by atoms with van der Waals surface area (Å²) in [4.78, 5) is 22.8. The van der Waals surface area contributed by atoms with Gasteiger partial charge in [0.1, 0.15) is 5.82 Å². The Labute approximate surface area is 221 Å². The van der Waals surface area contributed by atoms with Gasteiger partial charge >= 0.3 is 12.4 Å². The number of piperazine rings is 1. The van der Waals surface area contributed by atoms with Crippen LogP contribution in [0.1, 0.15) is 18.1 Å². The van der Waals surface area contributed by atoms with E-state index in [0.717, 1.165) is 0 Å². The van der Waals surface area contributed by atoms with E-state index in [0.29, 0.717) is 70.4 Å². The van der Waals surface area contributed by atoms with E-state index in [4.69, 9.17) is 4.74 Å². The number of alkyl halides is 6. The van der Waals surface area contributed by atoms with Crippen LogP contribution in [-0.4, -0.2) is 79.1 Å². The van der Waals surface area contributed by atoms with Gasteiger partial charge in [0, 0.05) is 44.8 Å². The number of benzene rings is 1. The summed E-state index contributed by atoms with van der Waals surface area (Å²) in [6.07, 6.45) is -4.46. The van der Waals surface area contributed by atoms with Gasteiger partial charge in [-0.3, -0.25) is 0 Å². The number of anilines is 2. The molecule has 1 aromatic heterocycles. The van der Waals surface area contributed by atoms with Crippen molar-refractivity contribution in [3.8, 4) is 11.4 Å². The van der Waals surface area contributed by atoms with Gasteiger partial charge in [-0.05, 0) is 37.9 Å². The zero-order valence-corrected chi connectivity index (χ0v) is 21.1. The highest BCUT2D eigenvalue weighted by Gasteiger charge is 2.37. The van der Waals surface area contributed by atoms with Crippen molar-refractivity contribution >= 4 is 18.6 Å². The molecule has 2 fully saturated rings. The van der Waals surface area contributed by atoms with Gasteiger partial charge in [-0.25, -0.2) is 4.99 Å². The van der Waals surface area contributed by atoms with Gasteiger partial charge in [0.2, 0.25) is 11.9 Å². The molecule has 2 aromatic rings. The standard InChI is InChI=1S/C25H27F6N7O/c1-3-4-5-20(32-2)36-6-8-37(9-7-36)22-33-21(34-23(35-22)38-10-12-39-13-11-38)17-14-18(24(26,27)28)16-19(15-17)25(29,30)31/h3-5,14-16H,2,6-13H2,1H3/b4-3-,20-5+. The lowest BCUT2D eigenvalue weighted by Crippen LogP contribution is -2.46. The molecule has 0 spiro atoms. The molecule has 3 heterocycles. The second-order valence-corrected chi connectivity index (χ2v) is 8.84.